The molecule has 90 valence electrons. The van der Waals surface area contributed by atoms with Crippen LogP contribution in [0, 0.1) is 5.92 Å². The van der Waals surface area contributed by atoms with Crippen molar-refractivity contribution in [2.45, 2.75) is 39.3 Å². The Morgan fingerprint density at radius 3 is 2.27 bits per heavy atom. The lowest BCUT2D eigenvalue weighted by Gasteiger charge is -2.24. The number of likely N-dealkylation sites (tertiary alicyclic amines) is 1. The van der Waals surface area contributed by atoms with Gasteiger partial charge in [-0.1, -0.05) is 6.92 Å². The van der Waals surface area contributed by atoms with E-state index in [1.807, 2.05) is 20.8 Å². The number of rotatable bonds is 0. The minimum atomic E-state index is -0.424. The van der Waals surface area contributed by atoms with Gasteiger partial charge in [-0.15, -0.1) is 12.4 Å². The van der Waals surface area contributed by atoms with Crippen molar-refractivity contribution in [1.29, 1.82) is 0 Å². The van der Waals surface area contributed by atoms with Crippen LogP contribution in [0.15, 0.2) is 0 Å². The van der Waals surface area contributed by atoms with Gasteiger partial charge in [0.2, 0.25) is 0 Å². The van der Waals surface area contributed by atoms with Gasteiger partial charge in [-0.25, -0.2) is 4.79 Å². The highest BCUT2D eigenvalue weighted by Crippen LogP contribution is 2.17. The van der Waals surface area contributed by atoms with E-state index < -0.39 is 5.60 Å². The Morgan fingerprint density at radius 1 is 1.40 bits per heavy atom. The minimum Gasteiger partial charge on any atom is -0.444 e. The highest BCUT2D eigenvalue weighted by molar-refractivity contribution is 5.85. The van der Waals surface area contributed by atoms with E-state index in [9.17, 15) is 4.79 Å². The van der Waals surface area contributed by atoms with E-state index in [1.54, 1.807) is 4.90 Å². The summed E-state index contributed by atoms with van der Waals surface area (Å²) in [5, 5.41) is 0. The molecule has 0 aromatic carbocycles. The van der Waals surface area contributed by atoms with Crippen LogP contribution in [0.25, 0.3) is 0 Å². The Kier molecular flexibility index (Phi) is 4.87. The van der Waals surface area contributed by atoms with E-state index in [0.717, 1.165) is 0 Å². The Hall–Kier alpha value is -0.480. The third-order valence-electron chi connectivity index (χ3n) is 2.32. The largest absolute Gasteiger partial charge is 0.444 e. The predicted molar refractivity (Wildman–Crippen MR) is 62.2 cm³/mol. The van der Waals surface area contributed by atoms with Crippen LogP contribution in [-0.2, 0) is 4.74 Å². The van der Waals surface area contributed by atoms with Gasteiger partial charge >= 0.3 is 6.09 Å². The van der Waals surface area contributed by atoms with Crippen LogP contribution in [0.4, 0.5) is 4.79 Å². The van der Waals surface area contributed by atoms with E-state index in [4.69, 9.17) is 10.5 Å². The molecule has 1 saturated heterocycles. The van der Waals surface area contributed by atoms with Crippen molar-refractivity contribution in [3.05, 3.63) is 0 Å². The van der Waals surface area contributed by atoms with Crippen molar-refractivity contribution in [2.75, 3.05) is 13.1 Å². The number of carbonyl (C=O) groups excluding carboxylic acids is 1. The third-order valence-corrected chi connectivity index (χ3v) is 2.32. The van der Waals surface area contributed by atoms with Crippen LogP contribution in [-0.4, -0.2) is 35.7 Å². The molecule has 5 heteroatoms. The number of halogens is 1. The van der Waals surface area contributed by atoms with Gasteiger partial charge in [-0.3, -0.25) is 0 Å². The fourth-order valence-electron chi connectivity index (χ4n) is 1.47. The second kappa shape index (κ2) is 5.03. The first-order chi connectivity index (χ1) is 6.29. The average Bonchev–Trinajstić information content (AvgIpc) is 2.28. The van der Waals surface area contributed by atoms with Gasteiger partial charge in [0, 0.05) is 19.1 Å². The van der Waals surface area contributed by atoms with Crippen LogP contribution in [0.2, 0.25) is 0 Å². The first-order valence-corrected chi connectivity index (χ1v) is 5.03. The Bertz CT molecular complexity index is 218. The van der Waals surface area contributed by atoms with Gasteiger partial charge in [0.25, 0.3) is 0 Å². The van der Waals surface area contributed by atoms with Crippen molar-refractivity contribution in [2.24, 2.45) is 11.7 Å². The lowest BCUT2D eigenvalue weighted by molar-refractivity contribution is 0.0287. The molecular formula is C10H21ClN2O2. The summed E-state index contributed by atoms with van der Waals surface area (Å²) in [5.74, 6) is 0.363. The number of hydrogen-bond donors (Lipinski definition) is 1. The second-order valence-electron chi connectivity index (χ2n) is 5.03. The predicted octanol–water partition coefficient (Wildman–Crippen LogP) is 1.62. The molecule has 0 bridgehead atoms. The first-order valence-electron chi connectivity index (χ1n) is 5.03. The van der Waals surface area contributed by atoms with E-state index in [0.29, 0.717) is 19.0 Å². The topological polar surface area (TPSA) is 55.6 Å². The standard InChI is InChI=1S/C10H20N2O2.ClH/c1-7-5-12(6-8(7)11)9(13)14-10(2,3)4;/h7-8H,5-6,11H2,1-4H3;1H/t7-,8+;/m1./s1. The number of carbonyl (C=O) groups is 1. The zero-order chi connectivity index (χ0) is 10.9. The Balaban J connectivity index is 0.00000196. The molecule has 2 N–H and O–H groups in total. The molecule has 1 amide bonds. The highest BCUT2D eigenvalue weighted by Gasteiger charge is 2.32. The molecule has 0 aromatic rings. The van der Waals surface area contributed by atoms with Gasteiger partial charge in [0.15, 0.2) is 0 Å². The number of hydrogen-bond acceptors (Lipinski definition) is 3. The molecule has 4 nitrogen and oxygen atoms in total. The number of ether oxygens (including phenoxy) is 1. The van der Waals surface area contributed by atoms with E-state index in [1.165, 1.54) is 0 Å². The summed E-state index contributed by atoms with van der Waals surface area (Å²) < 4.78 is 5.25. The molecule has 1 rings (SSSR count). The van der Waals surface area contributed by atoms with Gasteiger partial charge in [0.05, 0.1) is 0 Å². The monoisotopic (exact) mass is 236 g/mol. The molecule has 1 heterocycles. The van der Waals surface area contributed by atoms with Crippen LogP contribution in [0.5, 0.6) is 0 Å². The van der Waals surface area contributed by atoms with Crippen LogP contribution >= 0.6 is 12.4 Å². The van der Waals surface area contributed by atoms with Crippen LogP contribution < -0.4 is 5.73 Å². The number of nitrogens with zero attached hydrogens (tertiary/aromatic N) is 1. The number of amides is 1. The lowest BCUT2D eigenvalue weighted by atomic mass is 10.1. The van der Waals surface area contributed by atoms with Crippen LogP contribution in [0.3, 0.4) is 0 Å². The molecule has 1 aliphatic heterocycles. The lowest BCUT2D eigenvalue weighted by Crippen LogP contribution is -2.36. The maximum Gasteiger partial charge on any atom is 0.410 e. The molecule has 0 radical (unpaired) electrons. The van der Waals surface area contributed by atoms with Gasteiger partial charge in [-0.05, 0) is 26.7 Å². The summed E-state index contributed by atoms with van der Waals surface area (Å²) in [5.41, 5.74) is 5.40. The first kappa shape index (κ1) is 14.5. The summed E-state index contributed by atoms with van der Waals surface area (Å²) in [6.45, 7) is 8.96. The molecule has 0 aromatic heterocycles. The van der Waals surface area contributed by atoms with Gasteiger partial charge in [0.1, 0.15) is 5.60 Å². The van der Waals surface area contributed by atoms with Crippen molar-refractivity contribution in [1.82, 2.24) is 4.90 Å². The van der Waals surface area contributed by atoms with Crippen molar-refractivity contribution in [3.63, 3.8) is 0 Å². The SMILES string of the molecule is C[C@@H]1CN(C(=O)OC(C)(C)C)C[C@@H]1N.Cl. The third kappa shape index (κ3) is 4.26. The molecule has 0 spiro atoms. The van der Waals surface area contributed by atoms with Gasteiger partial charge < -0.3 is 15.4 Å². The maximum atomic E-state index is 11.6. The fourth-order valence-corrected chi connectivity index (χ4v) is 1.47. The second-order valence-corrected chi connectivity index (χ2v) is 5.03. The van der Waals surface area contributed by atoms with Crippen LogP contribution in [0.1, 0.15) is 27.7 Å². The molecule has 0 unspecified atom stereocenters. The molecule has 15 heavy (non-hydrogen) atoms. The van der Waals surface area contributed by atoms with E-state index >= 15 is 0 Å². The molecule has 2 atom stereocenters. The normalized spacial score (nSPS) is 26.1. The smallest absolute Gasteiger partial charge is 0.410 e. The van der Waals surface area contributed by atoms with Crippen molar-refractivity contribution in [3.8, 4) is 0 Å². The molecule has 1 aliphatic rings. The zero-order valence-corrected chi connectivity index (χ0v) is 10.6. The number of nitrogens with two attached hydrogens (primary N) is 1. The molecular weight excluding hydrogens is 216 g/mol. The van der Waals surface area contributed by atoms with Gasteiger partial charge in [-0.2, -0.15) is 0 Å². The molecule has 1 fully saturated rings. The zero-order valence-electron chi connectivity index (χ0n) is 9.82. The summed E-state index contributed by atoms with van der Waals surface area (Å²) in [6, 6.07) is 0.0857. The quantitative estimate of drug-likeness (QED) is 0.696. The van der Waals surface area contributed by atoms with E-state index in [2.05, 4.69) is 6.92 Å². The maximum absolute atomic E-state index is 11.6. The summed E-state index contributed by atoms with van der Waals surface area (Å²) in [4.78, 5) is 13.3. The Labute approximate surface area is 97.5 Å². The van der Waals surface area contributed by atoms with Crippen molar-refractivity contribution < 1.29 is 9.53 Å². The fraction of sp³-hybridized carbons (Fsp3) is 0.900. The highest BCUT2D eigenvalue weighted by atomic mass is 35.5. The Morgan fingerprint density at radius 2 is 1.93 bits per heavy atom. The summed E-state index contributed by atoms with van der Waals surface area (Å²) in [7, 11) is 0. The minimum absolute atomic E-state index is 0. The average molecular weight is 237 g/mol. The summed E-state index contributed by atoms with van der Waals surface area (Å²) >= 11 is 0. The van der Waals surface area contributed by atoms with E-state index in [-0.39, 0.29) is 24.5 Å². The molecule has 0 aliphatic carbocycles. The summed E-state index contributed by atoms with van der Waals surface area (Å²) in [6.07, 6.45) is -0.252. The van der Waals surface area contributed by atoms with Crippen molar-refractivity contribution >= 4 is 18.5 Å². The molecule has 0 saturated carbocycles.